The molecule has 26 heavy (non-hydrogen) atoms. The van der Waals surface area contributed by atoms with E-state index in [0.717, 1.165) is 44.4 Å². The van der Waals surface area contributed by atoms with Crippen LogP contribution in [0.15, 0.2) is 23.8 Å². The summed E-state index contributed by atoms with van der Waals surface area (Å²) in [5.74, 6) is 2.40. The highest BCUT2D eigenvalue weighted by Gasteiger charge is 2.43. The molecule has 0 spiro atoms. The Morgan fingerprint density at radius 2 is 1.85 bits per heavy atom. The van der Waals surface area contributed by atoms with Gasteiger partial charge in [-0.3, -0.25) is 0 Å². The summed E-state index contributed by atoms with van der Waals surface area (Å²) in [6.45, 7) is 11.5. The Kier molecular flexibility index (Phi) is 7.97. The lowest BCUT2D eigenvalue weighted by atomic mass is 9.69. The molecule has 0 radical (unpaired) electrons. The van der Waals surface area contributed by atoms with Gasteiger partial charge in [-0.1, -0.05) is 58.4 Å². The van der Waals surface area contributed by atoms with Crippen molar-refractivity contribution in [3.63, 3.8) is 0 Å². The number of aliphatic hydroxyl groups excluding tert-OH is 2. The Bertz CT molecular complexity index is 488. The Morgan fingerprint density at radius 1 is 1.12 bits per heavy atom. The first-order chi connectivity index (χ1) is 12.2. The molecule has 0 bridgehead atoms. The second-order valence-corrected chi connectivity index (χ2v) is 9.94. The molecule has 150 valence electrons. The first kappa shape index (κ1) is 21.7. The summed E-state index contributed by atoms with van der Waals surface area (Å²) in [6, 6.07) is 0. The fourth-order valence-electron chi connectivity index (χ4n) is 5.26. The summed E-state index contributed by atoms with van der Waals surface area (Å²) < 4.78 is 0. The zero-order chi connectivity index (χ0) is 19.3. The molecular weight excluding hydrogens is 320 g/mol. The van der Waals surface area contributed by atoms with Crippen LogP contribution in [0.1, 0.15) is 86.0 Å². The summed E-state index contributed by atoms with van der Waals surface area (Å²) in [5.41, 5.74) is 1.73. The molecule has 2 heteroatoms. The van der Waals surface area contributed by atoms with Crippen molar-refractivity contribution < 1.29 is 10.2 Å². The minimum Gasteiger partial charge on any atom is -0.393 e. The van der Waals surface area contributed by atoms with Gasteiger partial charge in [0.2, 0.25) is 0 Å². The Hall–Kier alpha value is -0.600. The fourth-order valence-corrected chi connectivity index (χ4v) is 5.26. The average molecular weight is 363 g/mol. The molecule has 5 atom stereocenters. The molecular formula is C24H42O2. The van der Waals surface area contributed by atoms with E-state index in [2.05, 4.69) is 52.8 Å². The first-order valence-corrected chi connectivity index (χ1v) is 10.9. The third-order valence-electron chi connectivity index (χ3n) is 7.28. The van der Waals surface area contributed by atoms with E-state index in [1.54, 1.807) is 0 Å². The zero-order valence-corrected chi connectivity index (χ0v) is 17.7. The van der Waals surface area contributed by atoms with Gasteiger partial charge in [0.05, 0.1) is 12.2 Å². The SMILES string of the molecule is CC(C)[C@H](O)CC[C@H](C)C1CC[C@@H](/C=C/C=C2/CCC[C@H](O)C2)C1(C)C. The van der Waals surface area contributed by atoms with Crippen LogP contribution < -0.4 is 0 Å². The Morgan fingerprint density at radius 3 is 2.50 bits per heavy atom. The van der Waals surface area contributed by atoms with Gasteiger partial charge >= 0.3 is 0 Å². The molecule has 2 nitrogen and oxygen atoms in total. The summed E-state index contributed by atoms with van der Waals surface area (Å²) >= 11 is 0. The fraction of sp³-hybridized carbons (Fsp3) is 0.833. The van der Waals surface area contributed by atoms with Gasteiger partial charge in [0, 0.05) is 0 Å². The summed E-state index contributed by atoms with van der Waals surface area (Å²) in [4.78, 5) is 0. The standard InChI is InChI=1S/C24H42O2/c1-17(2)23(26)15-12-18(3)22-14-13-20(24(22,4)5)10-6-8-19-9-7-11-21(25)16-19/h6,8,10,17-18,20-23,25-26H,7,9,11-16H2,1-5H3/b10-6+,19-8-/t18-,20+,21-,22?,23+/m0/s1. The van der Waals surface area contributed by atoms with E-state index in [4.69, 9.17) is 0 Å². The number of rotatable bonds is 7. The quantitative estimate of drug-likeness (QED) is 0.593. The van der Waals surface area contributed by atoms with Crippen LogP contribution >= 0.6 is 0 Å². The van der Waals surface area contributed by atoms with Crippen LogP contribution in [0, 0.1) is 29.1 Å². The van der Waals surface area contributed by atoms with Crippen molar-refractivity contribution in [2.45, 2.75) is 98.2 Å². The highest BCUT2D eigenvalue weighted by molar-refractivity contribution is 5.17. The van der Waals surface area contributed by atoms with Crippen LogP contribution in [0.4, 0.5) is 0 Å². The van der Waals surface area contributed by atoms with Crippen LogP contribution in [0.2, 0.25) is 0 Å². The van der Waals surface area contributed by atoms with E-state index >= 15 is 0 Å². The molecule has 0 heterocycles. The molecule has 0 amide bonds. The lowest BCUT2D eigenvalue weighted by Gasteiger charge is -2.36. The smallest absolute Gasteiger partial charge is 0.0577 e. The van der Waals surface area contributed by atoms with E-state index in [1.807, 2.05) is 0 Å². The number of allylic oxidation sites excluding steroid dienone is 3. The second kappa shape index (κ2) is 9.55. The van der Waals surface area contributed by atoms with Gasteiger partial charge < -0.3 is 10.2 Å². The van der Waals surface area contributed by atoms with Gasteiger partial charge in [-0.2, -0.15) is 0 Å². The molecule has 0 aromatic heterocycles. The molecule has 1 unspecified atom stereocenters. The van der Waals surface area contributed by atoms with Crippen molar-refractivity contribution in [3.8, 4) is 0 Å². The predicted molar refractivity (Wildman–Crippen MR) is 111 cm³/mol. The van der Waals surface area contributed by atoms with Crippen LogP contribution in [-0.2, 0) is 0 Å². The van der Waals surface area contributed by atoms with Crippen molar-refractivity contribution >= 4 is 0 Å². The van der Waals surface area contributed by atoms with Crippen LogP contribution in [0.3, 0.4) is 0 Å². The van der Waals surface area contributed by atoms with Crippen molar-refractivity contribution in [2.24, 2.45) is 29.1 Å². The molecule has 0 aromatic carbocycles. The first-order valence-electron chi connectivity index (χ1n) is 10.9. The molecule has 2 fully saturated rings. The Labute approximate surface area is 161 Å². The zero-order valence-electron chi connectivity index (χ0n) is 17.7. The van der Waals surface area contributed by atoms with Crippen LogP contribution in [0.5, 0.6) is 0 Å². The van der Waals surface area contributed by atoms with Gasteiger partial charge in [-0.25, -0.2) is 0 Å². The van der Waals surface area contributed by atoms with Gasteiger partial charge in [0.1, 0.15) is 0 Å². The van der Waals surface area contributed by atoms with Crippen molar-refractivity contribution in [2.75, 3.05) is 0 Å². The van der Waals surface area contributed by atoms with Gasteiger partial charge in [0.15, 0.2) is 0 Å². The summed E-state index contributed by atoms with van der Waals surface area (Å²) in [5, 5.41) is 19.9. The predicted octanol–water partition coefficient (Wildman–Crippen LogP) is 5.89. The normalized spacial score (nSPS) is 33.2. The maximum absolute atomic E-state index is 10.1. The minimum absolute atomic E-state index is 0.127. The average Bonchev–Trinajstić information content (AvgIpc) is 2.87. The molecule has 2 aliphatic carbocycles. The van der Waals surface area contributed by atoms with E-state index in [-0.39, 0.29) is 12.2 Å². The van der Waals surface area contributed by atoms with E-state index in [0.29, 0.717) is 23.2 Å². The highest BCUT2D eigenvalue weighted by Crippen LogP contribution is 2.52. The lowest BCUT2D eigenvalue weighted by molar-refractivity contribution is 0.0913. The second-order valence-electron chi connectivity index (χ2n) is 9.94. The van der Waals surface area contributed by atoms with Gasteiger partial charge in [-0.15, -0.1) is 0 Å². The van der Waals surface area contributed by atoms with E-state index in [1.165, 1.54) is 18.4 Å². The highest BCUT2D eigenvalue weighted by atomic mass is 16.3. The van der Waals surface area contributed by atoms with E-state index in [9.17, 15) is 10.2 Å². The van der Waals surface area contributed by atoms with Crippen molar-refractivity contribution in [3.05, 3.63) is 23.8 Å². The maximum atomic E-state index is 10.1. The minimum atomic E-state index is -0.157. The monoisotopic (exact) mass is 362 g/mol. The largest absolute Gasteiger partial charge is 0.393 e. The molecule has 2 saturated carbocycles. The number of aliphatic hydroxyl groups is 2. The van der Waals surface area contributed by atoms with Crippen LogP contribution in [-0.4, -0.2) is 22.4 Å². The third kappa shape index (κ3) is 5.70. The lowest BCUT2D eigenvalue weighted by Crippen LogP contribution is -2.29. The van der Waals surface area contributed by atoms with Gasteiger partial charge in [0.25, 0.3) is 0 Å². The maximum Gasteiger partial charge on any atom is 0.0577 e. The number of hydrogen-bond acceptors (Lipinski definition) is 2. The molecule has 0 aromatic rings. The third-order valence-corrected chi connectivity index (χ3v) is 7.28. The van der Waals surface area contributed by atoms with Gasteiger partial charge in [-0.05, 0) is 80.5 Å². The summed E-state index contributed by atoms with van der Waals surface area (Å²) in [7, 11) is 0. The Balaban J connectivity index is 1.90. The molecule has 0 saturated heterocycles. The molecule has 2 N–H and O–H groups in total. The molecule has 2 aliphatic rings. The topological polar surface area (TPSA) is 40.5 Å². The molecule has 0 aliphatic heterocycles. The molecule has 2 rings (SSSR count). The number of hydrogen-bond donors (Lipinski definition) is 2. The van der Waals surface area contributed by atoms with E-state index < -0.39 is 0 Å². The van der Waals surface area contributed by atoms with Crippen LogP contribution in [0.25, 0.3) is 0 Å². The summed E-state index contributed by atoms with van der Waals surface area (Å²) in [6.07, 6.45) is 15.4. The van der Waals surface area contributed by atoms with Crippen molar-refractivity contribution in [1.82, 2.24) is 0 Å². The van der Waals surface area contributed by atoms with Crippen molar-refractivity contribution in [1.29, 1.82) is 0 Å².